The predicted molar refractivity (Wildman–Crippen MR) is 80.2 cm³/mol. The van der Waals surface area contributed by atoms with Crippen molar-refractivity contribution in [2.45, 2.75) is 39.0 Å². The van der Waals surface area contributed by atoms with Gasteiger partial charge in [0.05, 0.1) is 18.5 Å². The Labute approximate surface area is 133 Å². The second kappa shape index (κ2) is 7.48. The van der Waals surface area contributed by atoms with Gasteiger partial charge in [-0.25, -0.2) is 0 Å². The molecule has 0 radical (unpaired) electrons. The molecule has 23 heavy (non-hydrogen) atoms. The number of carbonyl (C=O) groups is 2. The van der Waals surface area contributed by atoms with Gasteiger partial charge in [0, 0.05) is 12.2 Å². The number of benzene rings is 1. The van der Waals surface area contributed by atoms with Gasteiger partial charge in [0.2, 0.25) is 0 Å². The van der Waals surface area contributed by atoms with E-state index in [1.54, 1.807) is 20.8 Å². The molecular formula is C16H20F3NO3. The van der Waals surface area contributed by atoms with Crippen molar-refractivity contribution < 1.29 is 27.5 Å². The number of rotatable bonds is 6. The number of carbonyl (C=O) groups excluding carboxylic acids is 2. The third-order valence-corrected chi connectivity index (χ3v) is 2.86. The van der Waals surface area contributed by atoms with Crippen LogP contribution in [0.3, 0.4) is 0 Å². The molecule has 0 fully saturated rings. The number of hydrogen-bond donors (Lipinski definition) is 0. The summed E-state index contributed by atoms with van der Waals surface area (Å²) in [4.78, 5) is 24.0. The van der Waals surface area contributed by atoms with Gasteiger partial charge in [0.1, 0.15) is 11.9 Å². The van der Waals surface area contributed by atoms with Gasteiger partial charge in [-0.2, -0.15) is 13.2 Å². The molecule has 0 aliphatic carbocycles. The van der Waals surface area contributed by atoms with Crippen LogP contribution >= 0.6 is 0 Å². The Morgan fingerprint density at radius 2 is 1.74 bits per heavy atom. The maximum Gasteiger partial charge on any atom is 0.416 e. The van der Waals surface area contributed by atoms with E-state index in [0.29, 0.717) is 12.0 Å². The normalized spacial score (nSPS) is 11.9. The number of alkyl halides is 3. The molecule has 0 saturated heterocycles. The lowest BCUT2D eigenvalue weighted by Gasteiger charge is -2.24. The molecule has 1 aromatic rings. The molecule has 0 saturated carbocycles. The Hall–Kier alpha value is -2.05. The van der Waals surface area contributed by atoms with Gasteiger partial charge in [0.15, 0.2) is 0 Å². The number of aldehydes is 1. The average Bonchev–Trinajstić information content (AvgIpc) is 2.41. The van der Waals surface area contributed by atoms with Crippen LogP contribution in [0.5, 0.6) is 0 Å². The summed E-state index contributed by atoms with van der Waals surface area (Å²) in [5, 5.41) is 0. The summed E-state index contributed by atoms with van der Waals surface area (Å²) >= 11 is 0. The lowest BCUT2D eigenvalue weighted by Crippen LogP contribution is -2.31. The largest absolute Gasteiger partial charge is 0.460 e. The zero-order valence-electron chi connectivity index (χ0n) is 13.3. The van der Waals surface area contributed by atoms with E-state index in [2.05, 4.69) is 0 Å². The fourth-order valence-electron chi connectivity index (χ4n) is 1.90. The topological polar surface area (TPSA) is 46.6 Å². The molecule has 1 aromatic carbocycles. The first kappa shape index (κ1) is 19.0. The third-order valence-electron chi connectivity index (χ3n) is 2.86. The van der Waals surface area contributed by atoms with Crippen LogP contribution in [0.4, 0.5) is 18.9 Å². The van der Waals surface area contributed by atoms with Crippen LogP contribution in [0.15, 0.2) is 24.3 Å². The number of anilines is 1. The monoisotopic (exact) mass is 331 g/mol. The maximum absolute atomic E-state index is 12.5. The van der Waals surface area contributed by atoms with Gasteiger partial charge >= 0.3 is 12.1 Å². The van der Waals surface area contributed by atoms with Crippen molar-refractivity contribution in [1.82, 2.24) is 0 Å². The molecule has 0 atom stereocenters. The smallest absolute Gasteiger partial charge is 0.416 e. The molecule has 0 aromatic heterocycles. The van der Waals surface area contributed by atoms with E-state index in [4.69, 9.17) is 4.74 Å². The molecule has 0 aliphatic rings. The minimum absolute atomic E-state index is 0.0197. The zero-order chi connectivity index (χ0) is 17.7. The van der Waals surface area contributed by atoms with E-state index in [9.17, 15) is 22.8 Å². The van der Waals surface area contributed by atoms with Crippen LogP contribution in [0.1, 0.15) is 32.8 Å². The van der Waals surface area contributed by atoms with Gasteiger partial charge in [-0.05, 0) is 45.0 Å². The second-order valence-corrected chi connectivity index (χ2v) is 5.99. The number of ether oxygens (including phenoxy) is 1. The van der Waals surface area contributed by atoms with Crippen LogP contribution in [0.2, 0.25) is 0 Å². The van der Waals surface area contributed by atoms with E-state index in [0.717, 1.165) is 12.1 Å². The van der Waals surface area contributed by atoms with Gasteiger partial charge in [-0.3, -0.25) is 4.79 Å². The van der Waals surface area contributed by atoms with Crippen molar-refractivity contribution in [3.63, 3.8) is 0 Å². The first-order valence-corrected chi connectivity index (χ1v) is 7.10. The number of halogens is 3. The van der Waals surface area contributed by atoms with E-state index < -0.39 is 23.3 Å². The highest BCUT2D eigenvalue weighted by Crippen LogP contribution is 2.30. The summed E-state index contributed by atoms with van der Waals surface area (Å²) in [6.07, 6.45) is -3.75. The Morgan fingerprint density at radius 1 is 1.17 bits per heavy atom. The van der Waals surface area contributed by atoms with Crippen LogP contribution in [-0.4, -0.2) is 30.9 Å². The number of hydrogen-bond acceptors (Lipinski definition) is 4. The summed E-state index contributed by atoms with van der Waals surface area (Å²) < 4.78 is 42.8. The highest BCUT2D eigenvalue weighted by molar-refractivity contribution is 5.71. The summed E-state index contributed by atoms with van der Waals surface area (Å²) in [5.74, 6) is -0.430. The lowest BCUT2D eigenvalue weighted by molar-refractivity contribution is -0.154. The zero-order valence-corrected chi connectivity index (χ0v) is 13.3. The molecule has 0 bridgehead atoms. The van der Waals surface area contributed by atoms with Crippen molar-refractivity contribution >= 4 is 17.9 Å². The standard InChI is InChI=1S/C16H20F3NO3/c1-15(2,3)23-14(22)8-9-20(10-11-21)13-6-4-12(5-7-13)16(17,18)19/h4-7,11H,8-10H2,1-3H3. The summed E-state index contributed by atoms with van der Waals surface area (Å²) in [6.45, 7) is 5.38. The summed E-state index contributed by atoms with van der Waals surface area (Å²) in [5.41, 5.74) is -0.936. The summed E-state index contributed by atoms with van der Waals surface area (Å²) in [6, 6.07) is 4.45. The van der Waals surface area contributed by atoms with Crippen LogP contribution in [0.25, 0.3) is 0 Å². The van der Waals surface area contributed by atoms with Gasteiger partial charge in [-0.1, -0.05) is 0 Å². The van der Waals surface area contributed by atoms with Crippen molar-refractivity contribution in [2.24, 2.45) is 0 Å². The summed E-state index contributed by atoms with van der Waals surface area (Å²) in [7, 11) is 0. The highest BCUT2D eigenvalue weighted by Gasteiger charge is 2.30. The molecule has 4 nitrogen and oxygen atoms in total. The molecule has 7 heteroatoms. The molecule has 0 N–H and O–H groups in total. The molecule has 0 spiro atoms. The molecule has 0 amide bonds. The predicted octanol–water partition coefficient (Wildman–Crippen LogP) is 3.44. The Kier molecular flexibility index (Phi) is 6.18. The third kappa shape index (κ3) is 6.71. The quantitative estimate of drug-likeness (QED) is 0.592. The molecule has 0 heterocycles. The molecular weight excluding hydrogens is 311 g/mol. The Morgan fingerprint density at radius 3 is 2.17 bits per heavy atom. The fourth-order valence-corrected chi connectivity index (χ4v) is 1.90. The second-order valence-electron chi connectivity index (χ2n) is 5.99. The first-order chi connectivity index (χ1) is 10.5. The molecule has 0 aliphatic heterocycles. The minimum Gasteiger partial charge on any atom is -0.460 e. The van der Waals surface area contributed by atoms with Crippen molar-refractivity contribution in [2.75, 3.05) is 18.0 Å². The molecule has 0 unspecified atom stereocenters. The highest BCUT2D eigenvalue weighted by atomic mass is 19.4. The molecule has 128 valence electrons. The molecule has 1 rings (SSSR count). The first-order valence-electron chi connectivity index (χ1n) is 7.10. The average molecular weight is 331 g/mol. The van der Waals surface area contributed by atoms with Crippen molar-refractivity contribution in [3.05, 3.63) is 29.8 Å². The van der Waals surface area contributed by atoms with E-state index >= 15 is 0 Å². The SMILES string of the molecule is CC(C)(C)OC(=O)CCN(CC=O)c1ccc(C(F)(F)F)cc1. The lowest BCUT2D eigenvalue weighted by atomic mass is 10.2. The van der Waals surface area contributed by atoms with Gasteiger partial charge < -0.3 is 14.4 Å². The number of esters is 1. The van der Waals surface area contributed by atoms with Gasteiger partial charge in [0.25, 0.3) is 0 Å². The van der Waals surface area contributed by atoms with Crippen molar-refractivity contribution in [3.8, 4) is 0 Å². The van der Waals surface area contributed by atoms with E-state index in [1.165, 1.54) is 17.0 Å². The number of nitrogens with zero attached hydrogens (tertiary/aromatic N) is 1. The minimum atomic E-state index is -4.41. The van der Waals surface area contributed by atoms with Crippen LogP contribution in [0, 0.1) is 0 Å². The Balaban J connectivity index is 2.75. The van der Waals surface area contributed by atoms with E-state index in [1.807, 2.05) is 0 Å². The van der Waals surface area contributed by atoms with Gasteiger partial charge in [-0.15, -0.1) is 0 Å². The van der Waals surface area contributed by atoms with Crippen LogP contribution in [-0.2, 0) is 20.5 Å². The van der Waals surface area contributed by atoms with Crippen molar-refractivity contribution in [1.29, 1.82) is 0 Å². The fraction of sp³-hybridized carbons (Fsp3) is 0.500. The van der Waals surface area contributed by atoms with Crippen LogP contribution < -0.4 is 4.90 Å². The maximum atomic E-state index is 12.5. The Bertz CT molecular complexity index is 533. The van der Waals surface area contributed by atoms with E-state index in [-0.39, 0.29) is 19.5 Å².